The fraction of sp³-hybridized carbons (Fsp3) is 0.143. The van der Waals surface area contributed by atoms with Crippen LogP contribution >= 0.6 is 0 Å². The summed E-state index contributed by atoms with van der Waals surface area (Å²) < 4.78 is 4.85. The van der Waals surface area contributed by atoms with E-state index in [1.165, 1.54) is 0 Å². The highest BCUT2D eigenvalue weighted by molar-refractivity contribution is 5.03. The highest BCUT2D eigenvalue weighted by Gasteiger charge is 1.76. The highest BCUT2D eigenvalue weighted by Crippen LogP contribution is 1.92. The molecule has 0 N–H and O–H groups in total. The van der Waals surface area contributed by atoms with E-state index in [0.717, 1.165) is 0 Å². The fourth-order valence-electron chi connectivity index (χ4n) is 0.204. The molecule has 0 spiro atoms. The Morgan fingerprint density at radius 2 is 2.25 bits per heavy atom. The molecular weight excluding hydrogens is 100 g/mol. The standard InChI is InChI=1S/C7H10O/c1-4-6-8-7(3)5-2/h4-6H,2-3H2,1H3/b6-4-. The highest BCUT2D eigenvalue weighted by atomic mass is 16.5. The molecule has 0 radical (unpaired) electrons. The zero-order valence-electron chi connectivity index (χ0n) is 5.05. The first-order valence-electron chi connectivity index (χ1n) is 2.40. The van der Waals surface area contributed by atoms with Crippen LogP contribution in [0.25, 0.3) is 0 Å². The fourth-order valence-corrected chi connectivity index (χ4v) is 0.204. The molecule has 0 saturated carbocycles. The van der Waals surface area contributed by atoms with Crippen molar-refractivity contribution in [2.24, 2.45) is 0 Å². The maximum atomic E-state index is 4.85. The average Bonchev–Trinajstić information content (AvgIpc) is 1.83. The summed E-state index contributed by atoms with van der Waals surface area (Å²) in [6.45, 7) is 8.85. The van der Waals surface area contributed by atoms with Crippen molar-refractivity contribution in [3.63, 3.8) is 0 Å². The summed E-state index contributed by atoms with van der Waals surface area (Å²) in [4.78, 5) is 0. The SMILES string of the molecule is C=CC(=C)O/C=C\C. The molecule has 0 amide bonds. The maximum Gasteiger partial charge on any atom is 0.118 e. The molecule has 8 heavy (non-hydrogen) atoms. The first kappa shape index (κ1) is 7.02. The van der Waals surface area contributed by atoms with E-state index < -0.39 is 0 Å². The summed E-state index contributed by atoms with van der Waals surface area (Å²) in [5.74, 6) is 0.572. The Hall–Kier alpha value is -0.980. The predicted octanol–water partition coefficient (Wildman–Crippen LogP) is 2.24. The lowest BCUT2D eigenvalue weighted by molar-refractivity contribution is 0.370. The van der Waals surface area contributed by atoms with Crippen LogP contribution in [0.15, 0.2) is 37.3 Å². The van der Waals surface area contributed by atoms with E-state index in [-0.39, 0.29) is 0 Å². The lowest BCUT2D eigenvalue weighted by Crippen LogP contribution is -1.73. The van der Waals surface area contributed by atoms with Gasteiger partial charge in [-0.15, -0.1) is 0 Å². The van der Waals surface area contributed by atoms with Gasteiger partial charge in [0.1, 0.15) is 5.76 Å². The van der Waals surface area contributed by atoms with E-state index in [4.69, 9.17) is 4.74 Å². The molecule has 0 bridgehead atoms. The van der Waals surface area contributed by atoms with Gasteiger partial charge >= 0.3 is 0 Å². The molecule has 0 aromatic heterocycles. The van der Waals surface area contributed by atoms with Crippen LogP contribution in [-0.2, 0) is 4.74 Å². The van der Waals surface area contributed by atoms with Crippen molar-refractivity contribution >= 4 is 0 Å². The quantitative estimate of drug-likeness (QED) is 0.400. The molecule has 1 nitrogen and oxygen atoms in total. The molecule has 0 aliphatic heterocycles. The Labute approximate surface area is 50.0 Å². The van der Waals surface area contributed by atoms with Gasteiger partial charge in [-0.3, -0.25) is 0 Å². The Balaban J connectivity index is 3.39. The van der Waals surface area contributed by atoms with Crippen LogP contribution in [0.1, 0.15) is 6.92 Å². The molecule has 0 aliphatic rings. The third-order valence-electron chi connectivity index (χ3n) is 0.583. The van der Waals surface area contributed by atoms with Crippen molar-refractivity contribution in [2.45, 2.75) is 6.92 Å². The molecule has 1 heteroatoms. The minimum absolute atomic E-state index is 0.572. The lowest BCUT2D eigenvalue weighted by Gasteiger charge is -1.93. The number of hydrogen-bond donors (Lipinski definition) is 0. The minimum Gasteiger partial charge on any atom is -0.466 e. The molecular formula is C7H10O. The molecule has 0 atom stereocenters. The largest absolute Gasteiger partial charge is 0.466 e. The Kier molecular flexibility index (Phi) is 3.67. The van der Waals surface area contributed by atoms with Crippen molar-refractivity contribution in [3.05, 3.63) is 37.3 Å². The molecule has 44 valence electrons. The van der Waals surface area contributed by atoms with Gasteiger partial charge in [-0.25, -0.2) is 0 Å². The second-order valence-electron chi connectivity index (χ2n) is 1.26. The van der Waals surface area contributed by atoms with E-state index in [1.807, 2.05) is 6.92 Å². The van der Waals surface area contributed by atoms with Gasteiger partial charge in [-0.05, 0) is 13.0 Å². The Morgan fingerprint density at radius 1 is 1.62 bits per heavy atom. The van der Waals surface area contributed by atoms with Gasteiger partial charge < -0.3 is 4.74 Å². The summed E-state index contributed by atoms with van der Waals surface area (Å²) in [6, 6.07) is 0. The number of ether oxygens (including phenoxy) is 1. The number of hydrogen-bond acceptors (Lipinski definition) is 1. The molecule has 0 heterocycles. The van der Waals surface area contributed by atoms with Crippen LogP contribution in [0.4, 0.5) is 0 Å². The smallest absolute Gasteiger partial charge is 0.118 e. The van der Waals surface area contributed by atoms with Crippen LogP contribution in [0.5, 0.6) is 0 Å². The second-order valence-corrected chi connectivity index (χ2v) is 1.26. The van der Waals surface area contributed by atoms with Crippen LogP contribution in [0, 0.1) is 0 Å². The van der Waals surface area contributed by atoms with E-state index in [0.29, 0.717) is 5.76 Å². The van der Waals surface area contributed by atoms with Crippen molar-refractivity contribution < 1.29 is 4.74 Å². The van der Waals surface area contributed by atoms with Crippen molar-refractivity contribution in [1.29, 1.82) is 0 Å². The summed E-state index contributed by atoms with van der Waals surface area (Å²) in [6.07, 6.45) is 4.90. The zero-order valence-corrected chi connectivity index (χ0v) is 5.05. The van der Waals surface area contributed by atoms with E-state index >= 15 is 0 Å². The number of allylic oxidation sites excluding steroid dienone is 2. The van der Waals surface area contributed by atoms with Gasteiger partial charge in [-0.1, -0.05) is 19.2 Å². The molecule has 0 rings (SSSR count). The lowest BCUT2D eigenvalue weighted by atomic mass is 10.5. The zero-order chi connectivity index (χ0) is 6.41. The van der Waals surface area contributed by atoms with Gasteiger partial charge in [0, 0.05) is 0 Å². The summed E-state index contributed by atoms with van der Waals surface area (Å²) in [5, 5.41) is 0. The molecule has 0 aliphatic carbocycles. The molecule has 0 unspecified atom stereocenters. The third kappa shape index (κ3) is 3.22. The second kappa shape index (κ2) is 4.19. The third-order valence-corrected chi connectivity index (χ3v) is 0.583. The topological polar surface area (TPSA) is 9.23 Å². The normalized spacial score (nSPS) is 9.12. The van der Waals surface area contributed by atoms with Gasteiger partial charge in [-0.2, -0.15) is 0 Å². The summed E-state index contributed by atoms with van der Waals surface area (Å²) in [5.41, 5.74) is 0. The summed E-state index contributed by atoms with van der Waals surface area (Å²) >= 11 is 0. The monoisotopic (exact) mass is 110 g/mol. The van der Waals surface area contributed by atoms with Gasteiger partial charge in [0.2, 0.25) is 0 Å². The molecule has 0 aromatic rings. The van der Waals surface area contributed by atoms with Crippen molar-refractivity contribution in [1.82, 2.24) is 0 Å². The Bertz CT molecular complexity index is 112. The molecule has 0 aromatic carbocycles. The van der Waals surface area contributed by atoms with Gasteiger partial charge in [0.25, 0.3) is 0 Å². The van der Waals surface area contributed by atoms with E-state index in [1.54, 1.807) is 18.4 Å². The van der Waals surface area contributed by atoms with Gasteiger partial charge in [0.15, 0.2) is 0 Å². The van der Waals surface area contributed by atoms with E-state index in [2.05, 4.69) is 13.2 Å². The summed E-state index contributed by atoms with van der Waals surface area (Å²) in [7, 11) is 0. The first-order chi connectivity index (χ1) is 3.81. The maximum absolute atomic E-state index is 4.85. The van der Waals surface area contributed by atoms with Crippen molar-refractivity contribution in [3.8, 4) is 0 Å². The van der Waals surface area contributed by atoms with Crippen LogP contribution in [0.2, 0.25) is 0 Å². The first-order valence-corrected chi connectivity index (χ1v) is 2.40. The molecule has 0 fully saturated rings. The Morgan fingerprint density at radius 3 is 2.62 bits per heavy atom. The minimum atomic E-state index is 0.572. The average molecular weight is 110 g/mol. The van der Waals surface area contributed by atoms with E-state index in [9.17, 15) is 0 Å². The number of rotatable bonds is 3. The predicted molar refractivity (Wildman–Crippen MR) is 35.2 cm³/mol. The van der Waals surface area contributed by atoms with Crippen LogP contribution in [0.3, 0.4) is 0 Å². The molecule has 0 saturated heterocycles. The van der Waals surface area contributed by atoms with Crippen LogP contribution < -0.4 is 0 Å². The van der Waals surface area contributed by atoms with Gasteiger partial charge in [0.05, 0.1) is 6.26 Å². The van der Waals surface area contributed by atoms with Crippen LogP contribution in [-0.4, -0.2) is 0 Å². The van der Waals surface area contributed by atoms with Crippen molar-refractivity contribution in [2.75, 3.05) is 0 Å².